The molecule has 1 heterocycles. The van der Waals surface area contributed by atoms with Crippen molar-refractivity contribution in [3.8, 4) is 17.6 Å². The third kappa shape index (κ3) is 9.62. The summed E-state index contributed by atoms with van der Waals surface area (Å²) < 4.78 is 23.4. The van der Waals surface area contributed by atoms with Crippen LogP contribution in [0.4, 0.5) is 0 Å². The monoisotopic (exact) mass is 403 g/mol. The maximum absolute atomic E-state index is 5.96. The molecule has 29 heavy (non-hydrogen) atoms. The van der Waals surface area contributed by atoms with Gasteiger partial charge in [0.15, 0.2) is 0 Å². The van der Waals surface area contributed by atoms with Crippen molar-refractivity contribution in [1.29, 1.82) is 0 Å². The maximum atomic E-state index is 5.96. The number of ether oxygens (including phenoxy) is 4. The summed E-state index contributed by atoms with van der Waals surface area (Å²) in [5.74, 6) is 6.98. The minimum atomic E-state index is -0.563. The lowest BCUT2D eigenvalue weighted by molar-refractivity contribution is -0.126. The van der Waals surface area contributed by atoms with Crippen LogP contribution in [0.2, 0.25) is 0 Å². The summed E-state index contributed by atoms with van der Waals surface area (Å²) in [6.45, 7) is 17.3. The Balaban J connectivity index is 1.76. The number of nitrogens with zero attached hydrogens (tertiary/aromatic N) is 1. The summed E-state index contributed by atoms with van der Waals surface area (Å²) in [5, 5.41) is 0. The number of rotatable bonds is 7. The van der Waals surface area contributed by atoms with Crippen LogP contribution in [0.1, 0.15) is 73.9 Å². The predicted molar refractivity (Wildman–Crippen MR) is 115 cm³/mol. The Morgan fingerprint density at radius 3 is 2.10 bits per heavy atom. The molecule has 1 fully saturated rings. The second-order valence-electron chi connectivity index (χ2n) is 10.0. The summed E-state index contributed by atoms with van der Waals surface area (Å²) in [5.41, 5.74) is -0.129. The van der Waals surface area contributed by atoms with Gasteiger partial charge in [0.1, 0.15) is 23.1 Å². The van der Waals surface area contributed by atoms with Crippen molar-refractivity contribution in [3.05, 3.63) is 24.0 Å². The third-order valence-electron chi connectivity index (χ3n) is 4.18. The average Bonchev–Trinajstić information content (AvgIpc) is 2.54. The molecule has 1 aliphatic carbocycles. The largest absolute Gasteiger partial charge is 0.489 e. The summed E-state index contributed by atoms with van der Waals surface area (Å²) in [4.78, 5) is 4.39. The topological polar surface area (TPSA) is 49.8 Å². The third-order valence-corrected chi connectivity index (χ3v) is 4.18. The van der Waals surface area contributed by atoms with Gasteiger partial charge in [-0.05, 0) is 73.4 Å². The van der Waals surface area contributed by atoms with Crippen molar-refractivity contribution in [2.24, 2.45) is 0 Å². The quantitative estimate of drug-likeness (QED) is 0.485. The zero-order chi connectivity index (χ0) is 21.7. The van der Waals surface area contributed by atoms with Crippen LogP contribution in [0.15, 0.2) is 18.3 Å². The Morgan fingerprint density at radius 1 is 0.897 bits per heavy atom. The maximum Gasteiger partial charge on any atom is 0.138 e. The molecule has 0 atom stereocenters. The predicted octanol–water partition coefficient (Wildman–Crippen LogP) is 4.77. The molecule has 0 radical (unpaired) electrons. The van der Waals surface area contributed by atoms with E-state index in [-0.39, 0.29) is 23.4 Å². The zero-order valence-electron chi connectivity index (χ0n) is 19.3. The van der Waals surface area contributed by atoms with Crippen LogP contribution < -0.4 is 4.74 Å². The molecule has 0 amide bonds. The molecule has 1 aromatic rings. The minimum absolute atomic E-state index is 0.103. The molecular weight excluding hydrogens is 366 g/mol. The molecule has 0 N–H and O–H groups in total. The Morgan fingerprint density at radius 2 is 1.55 bits per heavy atom. The van der Waals surface area contributed by atoms with Gasteiger partial charge >= 0.3 is 0 Å². The lowest BCUT2D eigenvalue weighted by atomic mass is 9.91. The first-order chi connectivity index (χ1) is 13.3. The molecular formula is C24H37NO4. The number of hydrogen-bond acceptors (Lipinski definition) is 5. The lowest BCUT2D eigenvalue weighted by Gasteiger charge is -2.39. The molecule has 0 aromatic carbocycles. The van der Waals surface area contributed by atoms with E-state index in [2.05, 4.69) is 37.6 Å². The molecule has 0 spiro atoms. The normalized spacial score (nSPS) is 19.9. The molecule has 0 bridgehead atoms. The fourth-order valence-corrected chi connectivity index (χ4v) is 2.82. The average molecular weight is 404 g/mol. The fourth-order valence-electron chi connectivity index (χ4n) is 2.82. The number of aromatic nitrogens is 1. The standard InChI is InChI=1S/C24H37NO4/c1-22(2,3)26-13-14-27-24(7,8)12-11-18-9-10-19(17-25-18)28-20-15-21(16-20)29-23(4,5)6/h9-10,17,20-21H,13-16H2,1-8H3. The van der Waals surface area contributed by atoms with E-state index >= 15 is 0 Å². The van der Waals surface area contributed by atoms with Gasteiger partial charge < -0.3 is 18.9 Å². The molecule has 5 heteroatoms. The second-order valence-corrected chi connectivity index (χ2v) is 10.0. The van der Waals surface area contributed by atoms with E-state index in [0.29, 0.717) is 18.9 Å². The summed E-state index contributed by atoms with van der Waals surface area (Å²) in [6.07, 6.45) is 4.05. The van der Waals surface area contributed by atoms with E-state index in [1.165, 1.54) is 0 Å². The van der Waals surface area contributed by atoms with Gasteiger partial charge in [-0.3, -0.25) is 0 Å². The van der Waals surface area contributed by atoms with Crippen LogP contribution in [-0.2, 0) is 14.2 Å². The molecule has 0 saturated heterocycles. The highest BCUT2D eigenvalue weighted by atomic mass is 16.5. The van der Waals surface area contributed by atoms with Crippen molar-refractivity contribution >= 4 is 0 Å². The second kappa shape index (κ2) is 9.47. The van der Waals surface area contributed by atoms with Crippen molar-refractivity contribution < 1.29 is 18.9 Å². The highest BCUT2D eigenvalue weighted by Crippen LogP contribution is 2.30. The highest BCUT2D eigenvalue weighted by Gasteiger charge is 2.34. The zero-order valence-corrected chi connectivity index (χ0v) is 19.3. The van der Waals surface area contributed by atoms with Crippen LogP contribution in [0, 0.1) is 11.8 Å². The van der Waals surface area contributed by atoms with Crippen LogP contribution in [-0.4, -0.2) is 47.2 Å². The minimum Gasteiger partial charge on any atom is -0.489 e. The van der Waals surface area contributed by atoms with Gasteiger partial charge in [0.2, 0.25) is 0 Å². The molecule has 5 nitrogen and oxygen atoms in total. The molecule has 2 rings (SSSR count). The van der Waals surface area contributed by atoms with Gasteiger partial charge in [-0.25, -0.2) is 4.98 Å². The van der Waals surface area contributed by atoms with Crippen LogP contribution >= 0.6 is 0 Å². The molecule has 162 valence electrons. The Kier molecular flexibility index (Phi) is 7.73. The van der Waals surface area contributed by atoms with E-state index in [4.69, 9.17) is 18.9 Å². The van der Waals surface area contributed by atoms with E-state index in [9.17, 15) is 0 Å². The number of hydrogen-bond donors (Lipinski definition) is 0. The van der Waals surface area contributed by atoms with Crippen molar-refractivity contribution in [2.45, 2.75) is 97.2 Å². The summed E-state index contributed by atoms with van der Waals surface area (Å²) in [7, 11) is 0. The first-order valence-electron chi connectivity index (χ1n) is 10.4. The first kappa shape index (κ1) is 23.7. The summed E-state index contributed by atoms with van der Waals surface area (Å²) >= 11 is 0. The van der Waals surface area contributed by atoms with E-state index in [1.54, 1.807) is 6.20 Å². The molecule has 1 saturated carbocycles. The van der Waals surface area contributed by atoms with Gasteiger partial charge in [-0.15, -0.1) is 0 Å². The van der Waals surface area contributed by atoms with Crippen molar-refractivity contribution in [1.82, 2.24) is 4.98 Å². The smallest absolute Gasteiger partial charge is 0.138 e. The summed E-state index contributed by atoms with van der Waals surface area (Å²) in [6, 6.07) is 3.79. The Bertz CT molecular complexity index is 696. The fraction of sp³-hybridized carbons (Fsp3) is 0.708. The SMILES string of the molecule is CC(C)(C)OCCOC(C)(C)C#Cc1ccc(OC2CC(OC(C)(C)C)C2)cn1. The van der Waals surface area contributed by atoms with E-state index < -0.39 is 5.60 Å². The molecule has 0 unspecified atom stereocenters. The molecule has 1 aliphatic rings. The molecule has 0 aliphatic heterocycles. The number of pyridine rings is 1. The first-order valence-corrected chi connectivity index (χ1v) is 10.4. The van der Waals surface area contributed by atoms with Gasteiger partial charge in [0.05, 0.1) is 36.7 Å². The van der Waals surface area contributed by atoms with Gasteiger partial charge in [-0.2, -0.15) is 0 Å². The van der Waals surface area contributed by atoms with Gasteiger partial charge in [0, 0.05) is 12.8 Å². The van der Waals surface area contributed by atoms with Crippen molar-refractivity contribution in [2.75, 3.05) is 13.2 Å². The van der Waals surface area contributed by atoms with Crippen molar-refractivity contribution in [3.63, 3.8) is 0 Å². The van der Waals surface area contributed by atoms with Gasteiger partial charge in [-0.1, -0.05) is 5.92 Å². The van der Waals surface area contributed by atoms with E-state index in [1.807, 2.05) is 46.8 Å². The van der Waals surface area contributed by atoms with Gasteiger partial charge in [0.25, 0.3) is 0 Å². The lowest BCUT2D eigenvalue weighted by Crippen LogP contribution is -2.43. The van der Waals surface area contributed by atoms with E-state index in [0.717, 1.165) is 18.6 Å². The Labute approximate surface area is 176 Å². The Hall–Kier alpha value is -1.61. The van der Waals surface area contributed by atoms with Crippen LogP contribution in [0.25, 0.3) is 0 Å². The highest BCUT2D eigenvalue weighted by molar-refractivity contribution is 5.33. The molecule has 1 aromatic heterocycles. The van der Waals surface area contributed by atoms with Crippen LogP contribution in [0.5, 0.6) is 5.75 Å². The van der Waals surface area contributed by atoms with Crippen LogP contribution in [0.3, 0.4) is 0 Å².